The van der Waals surface area contributed by atoms with Crippen molar-refractivity contribution in [1.29, 1.82) is 0 Å². The van der Waals surface area contributed by atoms with Gasteiger partial charge >= 0.3 is 5.97 Å². The van der Waals surface area contributed by atoms with Crippen molar-refractivity contribution in [3.63, 3.8) is 0 Å². The average molecular weight is 283 g/mol. The Morgan fingerprint density at radius 2 is 2.05 bits per heavy atom. The molecule has 0 fully saturated rings. The van der Waals surface area contributed by atoms with Crippen LogP contribution in [0.15, 0.2) is 42.7 Å². The van der Waals surface area contributed by atoms with Crippen molar-refractivity contribution in [2.75, 3.05) is 0 Å². The molecule has 0 saturated carbocycles. The summed E-state index contributed by atoms with van der Waals surface area (Å²) in [5.74, 6) is -0.777. The van der Waals surface area contributed by atoms with Crippen LogP contribution in [0.5, 0.6) is 5.75 Å². The van der Waals surface area contributed by atoms with Gasteiger partial charge in [-0.25, -0.2) is 9.78 Å². The molecule has 6 heteroatoms. The molecule has 0 atom stereocenters. The molecule has 0 aliphatic carbocycles. The topological polar surface area (TPSA) is 77.2 Å². The van der Waals surface area contributed by atoms with E-state index in [1.54, 1.807) is 17.9 Å². The molecule has 3 rings (SSSR count). The van der Waals surface area contributed by atoms with Gasteiger partial charge in [-0.2, -0.15) is 5.10 Å². The standard InChI is InChI=1S/C15H13N3O3/c1-18-14-11(8-17-18)13(12(7-16-14)15(19)20)21-9-10-5-3-2-4-6-10/h2-8H,9H2,1H3,(H,19,20). The molecule has 1 N–H and O–H groups in total. The smallest absolute Gasteiger partial charge is 0.341 e. The molecule has 0 aliphatic rings. The Kier molecular flexibility index (Phi) is 3.27. The summed E-state index contributed by atoms with van der Waals surface area (Å²) in [6.45, 7) is 0.287. The maximum Gasteiger partial charge on any atom is 0.341 e. The van der Waals surface area contributed by atoms with Gasteiger partial charge in [-0.1, -0.05) is 30.3 Å². The second-order valence-corrected chi connectivity index (χ2v) is 4.59. The van der Waals surface area contributed by atoms with Crippen LogP contribution < -0.4 is 4.74 Å². The zero-order valence-corrected chi connectivity index (χ0v) is 11.4. The van der Waals surface area contributed by atoms with Gasteiger partial charge in [0.25, 0.3) is 0 Å². The number of hydrogen-bond donors (Lipinski definition) is 1. The molecule has 21 heavy (non-hydrogen) atoms. The Balaban J connectivity index is 2.02. The van der Waals surface area contributed by atoms with E-state index in [0.29, 0.717) is 16.8 Å². The van der Waals surface area contributed by atoms with Crippen molar-refractivity contribution >= 4 is 17.0 Å². The largest absolute Gasteiger partial charge is 0.487 e. The van der Waals surface area contributed by atoms with Crippen LogP contribution in [0.2, 0.25) is 0 Å². The van der Waals surface area contributed by atoms with E-state index in [1.165, 1.54) is 6.20 Å². The monoisotopic (exact) mass is 283 g/mol. The lowest BCUT2D eigenvalue weighted by Crippen LogP contribution is -2.05. The summed E-state index contributed by atoms with van der Waals surface area (Å²) in [6, 6.07) is 9.56. The summed E-state index contributed by atoms with van der Waals surface area (Å²) in [5, 5.41) is 14.0. The van der Waals surface area contributed by atoms with Crippen molar-refractivity contribution < 1.29 is 14.6 Å². The fraction of sp³-hybridized carbons (Fsp3) is 0.133. The van der Waals surface area contributed by atoms with E-state index in [0.717, 1.165) is 5.56 Å². The minimum absolute atomic E-state index is 0.0337. The molecule has 6 nitrogen and oxygen atoms in total. The third-order valence-electron chi connectivity index (χ3n) is 3.17. The van der Waals surface area contributed by atoms with E-state index >= 15 is 0 Å². The minimum Gasteiger partial charge on any atom is -0.487 e. The quantitative estimate of drug-likeness (QED) is 0.794. The molecule has 0 spiro atoms. The molecule has 106 valence electrons. The molecule has 0 amide bonds. The number of carboxylic acids is 1. The summed E-state index contributed by atoms with van der Waals surface area (Å²) >= 11 is 0. The van der Waals surface area contributed by atoms with Gasteiger partial charge in [0.05, 0.1) is 11.6 Å². The van der Waals surface area contributed by atoms with E-state index in [4.69, 9.17) is 4.74 Å². The summed E-state index contributed by atoms with van der Waals surface area (Å²) < 4.78 is 7.32. The van der Waals surface area contributed by atoms with E-state index in [9.17, 15) is 9.90 Å². The predicted molar refractivity (Wildman–Crippen MR) is 76.2 cm³/mol. The average Bonchev–Trinajstić information content (AvgIpc) is 2.87. The molecule has 3 aromatic rings. The van der Waals surface area contributed by atoms with Gasteiger partial charge in [0.15, 0.2) is 5.65 Å². The molecule has 0 aliphatic heterocycles. The number of ether oxygens (including phenoxy) is 1. The normalized spacial score (nSPS) is 10.7. The lowest BCUT2D eigenvalue weighted by Gasteiger charge is -2.10. The highest BCUT2D eigenvalue weighted by Gasteiger charge is 2.18. The first kappa shape index (κ1) is 13.1. The highest BCUT2D eigenvalue weighted by Crippen LogP contribution is 2.28. The second kappa shape index (κ2) is 5.24. The van der Waals surface area contributed by atoms with Gasteiger partial charge in [0.2, 0.25) is 0 Å². The zero-order chi connectivity index (χ0) is 14.8. The van der Waals surface area contributed by atoms with Gasteiger partial charge in [-0.15, -0.1) is 0 Å². The second-order valence-electron chi connectivity index (χ2n) is 4.59. The van der Waals surface area contributed by atoms with Crippen molar-refractivity contribution in [2.24, 2.45) is 7.05 Å². The molecule has 0 radical (unpaired) electrons. The third kappa shape index (κ3) is 2.43. The first-order valence-corrected chi connectivity index (χ1v) is 6.37. The summed E-state index contributed by atoms with van der Waals surface area (Å²) in [6.07, 6.45) is 2.86. The summed E-state index contributed by atoms with van der Waals surface area (Å²) in [4.78, 5) is 15.5. The zero-order valence-electron chi connectivity index (χ0n) is 11.4. The number of carboxylic acid groups (broad SMARTS) is 1. The lowest BCUT2D eigenvalue weighted by atomic mass is 10.2. The molecule has 0 saturated heterocycles. The molecule has 1 aromatic carbocycles. The fourth-order valence-electron chi connectivity index (χ4n) is 2.11. The maximum absolute atomic E-state index is 11.3. The van der Waals surface area contributed by atoms with E-state index in [1.807, 2.05) is 30.3 Å². The summed E-state index contributed by atoms with van der Waals surface area (Å²) in [5.41, 5.74) is 1.58. The van der Waals surface area contributed by atoms with Crippen LogP contribution in [0.4, 0.5) is 0 Å². The van der Waals surface area contributed by atoms with Gasteiger partial charge in [-0.05, 0) is 5.56 Å². The van der Waals surface area contributed by atoms with E-state index in [-0.39, 0.29) is 12.2 Å². The maximum atomic E-state index is 11.3. The van der Waals surface area contributed by atoms with Crippen LogP contribution in [0.25, 0.3) is 11.0 Å². The number of pyridine rings is 1. The molecule has 2 heterocycles. The molecular formula is C15H13N3O3. The molecular weight excluding hydrogens is 270 g/mol. The molecule has 2 aromatic heterocycles. The Morgan fingerprint density at radius 3 is 2.76 bits per heavy atom. The molecule has 0 bridgehead atoms. The highest BCUT2D eigenvalue weighted by molar-refractivity contribution is 5.97. The number of aryl methyl sites for hydroxylation is 1. The molecule has 0 unspecified atom stereocenters. The van der Waals surface area contributed by atoms with Crippen molar-refractivity contribution in [1.82, 2.24) is 14.8 Å². The number of benzene rings is 1. The van der Waals surface area contributed by atoms with Crippen molar-refractivity contribution in [2.45, 2.75) is 6.61 Å². The fourth-order valence-corrected chi connectivity index (χ4v) is 2.11. The SMILES string of the molecule is Cn1ncc2c(OCc3ccccc3)c(C(=O)O)cnc21. The number of aromatic carboxylic acids is 1. The number of nitrogens with zero attached hydrogens (tertiary/aromatic N) is 3. The van der Waals surface area contributed by atoms with E-state index in [2.05, 4.69) is 10.1 Å². The van der Waals surface area contributed by atoms with E-state index < -0.39 is 5.97 Å². The Hall–Kier alpha value is -2.89. The Morgan fingerprint density at radius 1 is 1.29 bits per heavy atom. The van der Waals surface area contributed by atoms with Crippen LogP contribution >= 0.6 is 0 Å². The first-order chi connectivity index (χ1) is 10.2. The van der Waals surface area contributed by atoms with Crippen molar-refractivity contribution in [3.05, 3.63) is 53.9 Å². The summed E-state index contributed by atoms with van der Waals surface area (Å²) in [7, 11) is 1.75. The van der Waals surface area contributed by atoms with Crippen LogP contribution in [0, 0.1) is 0 Å². The van der Waals surface area contributed by atoms with Crippen LogP contribution in [-0.4, -0.2) is 25.8 Å². The third-order valence-corrected chi connectivity index (χ3v) is 3.17. The Labute approximate surface area is 120 Å². The lowest BCUT2D eigenvalue weighted by molar-refractivity contribution is 0.0691. The van der Waals surface area contributed by atoms with Gasteiger partial charge in [-0.3, -0.25) is 4.68 Å². The first-order valence-electron chi connectivity index (χ1n) is 6.37. The van der Waals surface area contributed by atoms with Crippen LogP contribution in [-0.2, 0) is 13.7 Å². The number of aromatic nitrogens is 3. The van der Waals surface area contributed by atoms with Crippen LogP contribution in [0.1, 0.15) is 15.9 Å². The number of hydrogen-bond acceptors (Lipinski definition) is 4. The highest BCUT2D eigenvalue weighted by atomic mass is 16.5. The van der Waals surface area contributed by atoms with Crippen molar-refractivity contribution in [3.8, 4) is 5.75 Å². The minimum atomic E-state index is -1.07. The van der Waals surface area contributed by atoms with Crippen LogP contribution in [0.3, 0.4) is 0 Å². The number of rotatable bonds is 4. The predicted octanol–water partition coefficient (Wildman–Crippen LogP) is 2.25. The number of fused-ring (bicyclic) bond motifs is 1. The van der Waals surface area contributed by atoms with Gasteiger partial charge in [0, 0.05) is 13.2 Å². The Bertz CT molecular complexity index is 797. The van der Waals surface area contributed by atoms with Gasteiger partial charge < -0.3 is 9.84 Å². The van der Waals surface area contributed by atoms with Gasteiger partial charge in [0.1, 0.15) is 17.9 Å². The number of carbonyl (C=O) groups is 1.